The van der Waals surface area contributed by atoms with Gasteiger partial charge in [0.25, 0.3) is 0 Å². The summed E-state index contributed by atoms with van der Waals surface area (Å²) < 4.78 is 11.1. The topological polar surface area (TPSA) is 44.5 Å². The van der Waals surface area contributed by atoms with Gasteiger partial charge in [-0.25, -0.2) is 0 Å². The number of benzene rings is 2. The molecule has 4 heteroatoms. The number of halogens is 1. The van der Waals surface area contributed by atoms with Gasteiger partial charge in [0.15, 0.2) is 11.5 Å². The van der Waals surface area contributed by atoms with Crippen molar-refractivity contribution in [3.8, 4) is 11.5 Å². The summed E-state index contributed by atoms with van der Waals surface area (Å²) in [6.45, 7) is 2.48. The highest BCUT2D eigenvalue weighted by Crippen LogP contribution is 2.30. The highest BCUT2D eigenvalue weighted by molar-refractivity contribution is 6.31. The third-order valence-corrected chi connectivity index (χ3v) is 3.45. The molecule has 0 amide bonds. The second kappa shape index (κ2) is 6.53. The van der Waals surface area contributed by atoms with Gasteiger partial charge in [0.2, 0.25) is 0 Å². The van der Waals surface area contributed by atoms with Gasteiger partial charge < -0.3 is 15.2 Å². The van der Waals surface area contributed by atoms with E-state index in [4.69, 9.17) is 26.8 Å². The maximum Gasteiger partial charge on any atom is 0.161 e. The summed E-state index contributed by atoms with van der Waals surface area (Å²) in [7, 11) is 1.64. The Morgan fingerprint density at radius 3 is 2.55 bits per heavy atom. The molecule has 0 spiro atoms. The Morgan fingerprint density at radius 2 is 1.90 bits per heavy atom. The summed E-state index contributed by atoms with van der Waals surface area (Å²) in [6, 6.07) is 11.3. The number of ether oxygens (including phenoxy) is 2. The van der Waals surface area contributed by atoms with Crippen LogP contribution < -0.4 is 15.2 Å². The first-order valence-electron chi connectivity index (χ1n) is 6.47. The maximum atomic E-state index is 6.13. The minimum Gasteiger partial charge on any atom is -0.493 e. The van der Waals surface area contributed by atoms with Gasteiger partial charge in [-0.3, -0.25) is 0 Å². The van der Waals surface area contributed by atoms with Crippen molar-refractivity contribution in [1.82, 2.24) is 0 Å². The number of nitrogen functional groups attached to an aromatic ring is 1. The number of methoxy groups -OCH3 is 1. The SMILES string of the molecule is CCc1ccc(OCc2ccc(N)cc2Cl)c(OC)c1. The average Bonchev–Trinajstić information content (AvgIpc) is 2.46. The lowest BCUT2D eigenvalue weighted by Crippen LogP contribution is -1.99. The zero-order chi connectivity index (χ0) is 14.5. The highest BCUT2D eigenvalue weighted by atomic mass is 35.5. The molecule has 0 fully saturated rings. The molecule has 0 atom stereocenters. The Bertz CT molecular complexity index is 599. The third kappa shape index (κ3) is 3.36. The number of hydrogen-bond donors (Lipinski definition) is 1. The second-order valence-electron chi connectivity index (χ2n) is 4.48. The van der Waals surface area contributed by atoms with Crippen LogP contribution in [-0.2, 0) is 13.0 Å². The van der Waals surface area contributed by atoms with Gasteiger partial charge in [-0.05, 0) is 36.2 Å². The summed E-state index contributed by atoms with van der Waals surface area (Å²) in [5.74, 6) is 1.44. The first-order valence-corrected chi connectivity index (χ1v) is 6.85. The molecule has 0 saturated heterocycles. The second-order valence-corrected chi connectivity index (χ2v) is 4.89. The number of anilines is 1. The van der Waals surface area contributed by atoms with Crippen molar-refractivity contribution in [2.75, 3.05) is 12.8 Å². The molecule has 0 aliphatic carbocycles. The largest absolute Gasteiger partial charge is 0.493 e. The van der Waals surface area contributed by atoms with E-state index in [2.05, 4.69) is 6.92 Å². The van der Waals surface area contributed by atoms with E-state index in [1.54, 1.807) is 13.2 Å². The molecule has 106 valence electrons. The van der Waals surface area contributed by atoms with Crippen molar-refractivity contribution >= 4 is 17.3 Å². The molecule has 3 nitrogen and oxygen atoms in total. The zero-order valence-electron chi connectivity index (χ0n) is 11.7. The lowest BCUT2D eigenvalue weighted by Gasteiger charge is -2.12. The minimum atomic E-state index is 0.376. The maximum absolute atomic E-state index is 6.13. The Balaban J connectivity index is 2.14. The normalized spacial score (nSPS) is 10.3. The van der Waals surface area contributed by atoms with E-state index >= 15 is 0 Å². The number of nitrogens with two attached hydrogens (primary N) is 1. The average molecular weight is 292 g/mol. The molecule has 20 heavy (non-hydrogen) atoms. The van der Waals surface area contributed by atoms with Gasteiger partial charge in [0, 0.05) is 16.3 Å². The Kier molecular flexibility index (Phi) is 4.74. The fraction of sp³-hybridized carbons (Fsp3) is 0.250. The van der Waals surface area contributed by atoms with Crippen LogP contribution in [0.5, 0.6) is 11.5 Å². The quantitative estimate of drug-likeness (QED) is 0.845. The molecule has 2 aromatic carbocycles. The van der Waals surface area contributed by atoms with Crippen LogP contribution in [0.3, 0.4) is 0 Å². The van der Waals surface area contributed by atoms with Crippen molar-refractivity contribution in [2.24, 2.45) is 0 Å². The van der Waals surface area contributed by atoms with E-state index in [0.29, 0.717) is 23.1 Å². The molecular weight excluding hydrogens is 274 g/mol. The molecule has 0 radical (unpaired) electrons. The lowest BCUT2D eigenvalue weighted by atomic mass is 10.1. The van der Waals surface area contributed by atoms with Crippen LogP contribution in [0.4, 0.5) is 5.69 Å². The van der Waals surface area contributed by atoms with E-state index < -0.39 is 0 Å². The Morgan fingerprint density at radius 1 is 1.10 bits per heavy atom. The smallest absolute Gasteiger partial charge is 0.161 e. The van der Waals surface area contributed by atoms with Gasteiger partial charge in [-0.2, -0.15) is 0 Å². The molecule has 0 aliphatic heterocycles. The monoisotopic (exact) mass is 291 g/mol. The van der Waals surface area contributed by atoms with Crippen LogP contribution in [0, 0.1) is 0 Å². The van der Waals surface area contributed by atoms with Gasteiger partial charge in [0.1, 0.15) is 6.61 Å². The molecule has 0 bridgehead atoms. The molecule has 0 aliphatic rings. The zero-order valence-corrected chi connectivity index (χ0v) is 12.4. The van der Waals surface area contributed by atoms with Gasteiger partial charge >= 0.3 is 0 Å². The van der Waals surface area contributed by atoms with Crippen molar-refractivity contribution in [3.63, 3.8) is 0 Å². The van der Waals surface area contributed by atoms with E-state index in [0.717, 1.165) is 17.7 Å². The van der Waals surface area contributed by atoms with E-state index in [9.17, 15) is 0 Å². The molecule has 0 heterocycles. The molecule has 0 saturated carbocycles. The Hall–Kier alpha value is -1.87. The fourth-order valence-electron chi connectivity index (χ4n) is 1.89. The summed E-state index contributed by atoms with van der Waals surface area (Å²) >= 11 is 6.13. The predicted molar refractivity (Wildman–Crippen MR) is 82.6 cm³/mol. The number of hydrogen-bond acceptors (Lipinski definition) is 3. The summed E-state index contributed by atoms with van der Waals surface area (Å²) in [5.41, 5.74) is 8.41. The lowest BCUT2D eigenvalue weighted by molar-refractivity contribution is 0.284. The van der Waals surface area contributed by atoms with E-state index in [1.807, 2.05) is 30.3 Å². The third-order valence-electron chi connectivity index (χ3n) is 3.10. The van der Waals surface area contributed by atoms with E-state index in [-0.39, 0.29) is 0 Å². The summed E-state index contributed by atoms with van der Waals surface area (Å²) in [6.07, 6.45) is 0.959. The minimum absolute atomic E-state index is 0.376. The van der Waals surface area contributed by atoms with Crippen molar-refractivity contribution in [3.05, 3.63) is 52.5 Å². The number of rotatable bonds is 5. The fourth-order valence-corrected chi connectivity index (χ4v) is 2.13. The van der Waals surface area contributed by atoms with E-state index in [1.165, 1.54) is 5.56 Å². The van der Waals surface area contributed by atoms with Crippen molar-refractivity contribution in [1.29, 1.82) is 0 Å². The predicted octanol–water partition coefficient (Wildman–Crippen LogP) is 4.07. The van der Waals surface area contributed by atoms with Crippen LogP contribution in [0.15, 0.2) is 36.4 Å². The van der Waals surface area contributed by atoms with Gasteiger partial charge in [0.05, 0.1) is 7.11 Å². The summed E-state index contributed by atoms with van der Waals surface area (Å²) in [5, 5.41) is 0.606. The number of aryl methyl sites for hydroxylation is 1. The molecular formula is C16H18ClNO2. The molecule has 0 aromatic heterocycles. The van der Waals surface area contributed by atoms with Crippen LogP contribution in [0.2, 0.25) is 5.02 Å². The van der Waals surface area contributed by atoms with Crippen LogP contribution >= 0.6 is 11.6 Å². The first-order chi connectivity index (χ1) is 9.63. The molecule has 2 N–H and O–H groups in total. The van der Waals surface area contributed by atoms with Crippen molar-refractivity contribution < 1.29 is 9.47 Å². The van der Waals surface area contributed by atoms with Crippen molar-refractivity contribution in [2.45, 2.75) is 20.0 Å². The highest BCUT2D eigenvalue weighted by Gasteiger charge is 2.07. The summed E-state index contributed by atoms with van der Waals surface area (Å²) in [4.78, 5) is 0. The molecule has 0 unspecified atom stereocenters. The molecule has 2 aromatic rings. The standard InChI is InChI=1S/C16H18ClNO2/c1-3-11-4-7-15(16(8-11)19-2)20-10-12-5-6-13(18)9-14(12)17/h4-9H,3,10,18H2,1-2H3. The first kappa shape index (κ1) is 14.5. The van der Waals surface area contributed by atoms with Crippen LogP contribution in [0.25, 0.3) is 0 Å². The van der Waals surface area contributed by atoms with Crippen LogP contribution in [-0.4, -0.2) is 7.11 Å². The van der Waals surface area contributed by atoms with Crippen LogP contribution in [0.1, 0.15) is 18.1 Å². The van der Waals surface area contributed by atoms with Gasteiger partial charge in [-0.1, -0.05) is 30.7 Å². The van der Waals surface area contributed by atoms with Gasteiger partial charge in [-0.15, -0.1) is 0 Å². The molecule has 2 rings (SSSR count). The Labute approximate surface area is 124 Å².